The van der Waals surface area contributed by atoms with E-state index in [9.17, 15) is 22.8 Å². The first-order valence-electron chi connectivity index (χ1n) is 10.0. The first-order valence-corrected chi connectivity index (χ1v) is 10.0. The maximum Gasteiger partial charge on any atom is 0.416 e. The Morgan fingerprint density at radius 3 is 2.26 bits per heavy atom. The second-order valence-electron chi connectivity index (χ2n) is 8.63. The summed E-state index contributed by atoms with van der Waals surface area (Å²) in [5.74, 6) is 0.142. The van der Waals surface area contributed by atoms with E-state index < -0.39 is 11.7 Å². The number of rotatable bonds is 4. The summed E-state index contributed by atoms with van der Waals surface area (Å²) in [5, 5.41) is 6.66. The number of carbonyl (C=O) groups is 2. The lowest BCUT2D eigenvalue weighted by Crippen LogP contribution is -2.43. The number of hydrogen-bond donors (Lipinski definition) is 1. The molecule has 3 rings (SSSR count). The van der Waals surface area contributed by atoms with Crippen molar-refractivity contribution in [1.29, 1.82) is 0 Å². The minimum absolute atomic E-state index is 0.149. The molecule has 0 bridgehead atoms. The molecule has 0 radical (unpaired) electrons. The van der Waals surface area contributed by atoms with E-state index in [4.69, 9.17) is 4.52 Å². The van der Waals surface area contributed by atoms with E-state index in [0.29, 0.717) is 37.6 Å². The zero-order chi connectivity index (χ0) is 22.8. The average molecular weight is 438 g/mol. The van der Waals surface area contributed by atoms with E-state index in [1.807, 2.05) is 20.8 Å². The molecule has 2 heterocycles. The van der Waals surface area contributed by atoms with Crippen LogP contribution >= 0.6 is 0 Å². The van der Waals surface area contributed by atoms with Gasteiger partial charge in [0.15, 0.2) is 5.82 Å². The first kappa shape index (κ1) is 22.8. The van der Waals surface area contributed by atoms with Crippen LogP contribution in [0.3, 0.4) is 0 Å². The lowest BCUT2D eigenvalue weighted by atomic mass is 9.95. The topological polar surface area (TPSA) is 88.3 Å². The molecule has 0 unspecified atom stereocenters. The van der Waals surface area contributed by atoms with Gasteiger partial charge in [0.1, 0.15) is 0 Å². The van der Waals surface area contributed by atoms with Gasteiger partial charge < -0.3 is 14.7 Å². The normalized spacial score (nSPS) is 15.7. The highest BCUT2D eigenvalue weighted by atomic mass is 19.4. The van der Waals surface area contributed by atoms with Crippen LogP contribution in [0.25, 0.3) is 0 Å². The Morgan fingerprint density at radius 2 is 1.74 bits per heavy atom. The molecule has 0 saturated carbocycles. The van der Waals surface area contributed by atoms with Crippen molar-refractivity contribution in [2.24, 2.45) is 5.92 Å². The molecule has 10 heteroatoms. The molecule has 1 aliphatic rings. The van der Waals surface area contributed by atoms with Gasteiger partial charge in [-0.25, -0.2) is 0 Å². The van der Waals surface area contributed by atoms with Gasteiger partial charge in [-0.3, -0.25) is 9.59 Å². The predicted molar refractivity (Wildman–Crippen MR) is 105 cm³/mol. The summed E-state index contributed by atoms with van der Waals surface area (Å²) in [6.07, 6.45) is -3.50. The Labute approximate surface area is 178 Å². The van der Waals surface area contributed by atoms with Gasteiger partial charge in [-0.1, -0.05) is 25.9 Å². The van der Waals surface area contributed by atoms with Gasteiger partial charge >= 0.3 is 6.18 Å². The zero-order valence-corrected chi connectivity index (χ0v) is 17.6. The van der Waals surface area contributed by atoms with Crippen LogP contribution in [-0.2, 0) is 22.9 Å². The smallest absolute Gasteiger partial charge is 0.348 e. The van der Waals surface area contributed by atoms with E-state index in [2.05, 4.69) is 15.5 Å². The average Bonchev–Trinajstić information content (AvgIpc) is 3.21. The Hall–Kier alpha value is -2.91. The Bertz CT molecular complexity index is 925. The molecular formula is C21H25F3N4O3. The fourth-order valence-electron chi connectivity index (χ4n) is 3.27. The summed E-state index contributed by atoms with van der Waals surface area (Å²) in [7, 11) is 0. The highest BCUT2D eigenvalue weighted by Crippen LogP contribution is 2.29. The maximum absolute atomic E-state index is 12.7. The van der Waals surface area contributed by atoms with Crippen molar-refractivity contribution in [1.82, 2.24) is 20.4 Å². The summed E-state index contributed by atoms with van der Waals surface area (Å²) >= 11 is 0. The molecule has 168 valence electrons. The number of carbonyl (C=O) groups excluding carboxylic acids is 2. The second kappa shape index (κ2) is 8.68. The van der Waals surface area contributed by atoms with Gasteiger partial charge in [-0.05, 0) is 37.1 Å². The SMILES string of the molecule is CC(C)(C)c1nc(CNC(=O)C2CCN(C(=O)c3ccc(C(F)(F)F)cc3)CC2)no1. The Balaban J connectivity index is 1.49. The van der Waals surface area contributed by atoms with Crippen molar-refractivity contribution in [2.45, 2.75) is 51.7 Å². The third-order valence-corrected chi connectivity index (χ3v) is 5.14. The number of nitrogens with one attached hydrogen (secondary N) is 1. The molecule has 1 aromatic carbocycles. The summed E-state index contributed by atoms with van der Waals surface area (Å²) in [4.78, 5) is 30.8. The fourth-order valence-corrected chi connectivity index (χ4v) is 3.27. The maximum atomic E-state index is 12.7. The van der Waals surface area contributed by atoms with Gasteiger partial charge in [-0.2, -0.15) is 18.2 Å². The van der Waals surface area contributed by atoms with Crippen LogP contribution in [-0.4, -0.2) is 39.9 Å². The number of hydrogen-bond acceptors (Lipinski definition) is 5. The molecule has 0 aliphatic carbocycles. The number of alkyl halides is 3. The lowest BCUT2D eigenvalue weighted by molar-refractivity contribution is -0.137. The van der Waals surface area contributed by atoms with Crippen LogP contribution in [0, 0.1) is 5.92 Å². The number of amides is 2. The van der Waals surface area contributed by atoms with Gasteiger partial charge in [0.25, 0.3) is 5.91 Å². The third-order valence-electron chi connectivity index (χ3n) is 5.14. The Morgan fingerprint density at radius 1 is 1.13 bits per heavy atom. The molecule has 31 heavy (non-hydrogen) atoms. The second-order valence-corrected chi connectivity index (χ2v) is 8.63. The minimum atomic E-state index is -4.44. The Kier molecular flexibility index (Phi) is 6.38. The first-order chi connectivity index (χ1) is 14.4. The van der Waals surface area contributed by atoms with Crippen molar-refractivity contribution in [3.8, 4) is 0 Å². The van der Waals surface area contributed by atoms with Gasteiger partial charge in [0, 0.05) is 30.0 Å². The molecular weight excluding hydrogens is 413 g/mol. The molecule has 2 amide bonds. The van der Waals surface area contributed by atoms with Gasteiger partial charge in [0.05, 0.1) is 12.1 Å². The van der Waals surface area contributed by atoms with Crippen molar-refractivity contribution >= 4 is 11.8 Å². The molecule has 1 aromatic heterocycles. The molecule has 0 spiro atoms. The summed E-state index contributed by atoms with van der Waals surface area (Å²) in [6.45, 7) is 6.71. The summed E-state index contributed by atoms with van der Waals surface area (Å²) in [6, 6.07) is 4.16. The van der Waals surface area contributed by atoms with Crippen LogP contribution in [0.2, 0.25) is 0 Å². The third kappa shape index (κ3) is 5.62. The number of likely N-dealkylation sites (tertiary alicyclic amines) is 1. The molecule has 1 saturated heterocycles. The van der Waals surface area contributed by atoms with Crippen molar-refractivity contribution in [3.05, 3.63) is 47.1 Å². The van der Waals surface area contributed by atoms with E-state index in [1.165, 1.54) is 12.1 Å². The quantitative estimate of drug-likeness (QED) is 0.789. The van der Waals surface area contributed by atoms with E-state index in [-0.39, 0.29) is 35.3 Å². The van der Waals surface area contributed by atoms with Crippen LogP contribution in [0.4, 0.5) is 13.2 Å². The molecule has 0 atom stereocenters. The van der Waals surface area contributed by atoms with Crippen LogP contribution in [0.1, 0.15) is 61.2 Å². The highest BCUT2D eigenvalue weighted by Gasteiger charge is 2.31. The number of nitrogens with zero attached hydrogens (tertiary/aromatic N) is 3. The van der Waals surface area contributed by atoms with E-state index in [1.54, 1.807) is 4.90 Å². The van der Waals surface area contributed by atoms with E-state index in [0.717, 1.165) is 12.1 Å². The van der Waals surface area contributed by atoms with Crippen molar-refractivity contribution in [3.63, 3.8) is 0 Å². The molecule has 2 aromatic rings. The number of piperidine rings is 1. The molecule has 1 N–H and O–H groups in total. The van der Waals surface area contributed by atoms with Crippen LogP contribution in [0.15, 0.2) is 28.8 Å². The highest BCUT2D eigenvalue weighted by molar-refractivity contribution is 5.94. The van der Waals surface area contributed by atoms with Crippen molar-refractivity contribution in [2.75, 3.05) is 13.1 Å². The molecule has 1 aliphatic heterocycles. The summed E-state index contributed by atoms with van der Waals surface area (Å²) < 4.78 is 43.2. The van der Waals surface area contributed by atoms with Gasteiger partial charge in [0.2, 0.25) is 11.8 Å². The van der Waals surface area contributed by atoms with Gasteiger partial charge in [-0.15, -0.1) is 0 Å². The largest absolute Gasteiger partial charge is 0.416 e. The summed E-state index contributed by atoms with van der Waals surface area (Å²) in [5.41, 5.74) is -0.875. The number of halogens is 3. The predicted octanol–water partition coefficient (Wildman–Crippen LogP) is 3.55. The van der Waals surface area contributed by atoms with Crippen LogP contribution < -0.4 is 5.32 Å². The molecule has 7 nitrogen and oxygen atoms in total. The van der Waals surface area contributed by atoms with Crippen molar-refractivity contribution < 1.29 is 27.3 Å². The minimum Gasteiger partial charge on any atom is -0.348 e. The molecule has 1 fully saturated rings. The lowest BCUT2D eigenvalue weighted by Gasteiger charge is -2.31. The van der Waals surface area contributed by atoms with Crippen LogP contribution in [0.5, 0.6) is 0 Å². The standard InChI is InChI=1S/C21H25F3N4O3/c1-20(2,3)19-26-16(27-31-19)12-25-17(29)13-8-10-28(11-9-13)18(30)14-4-6-15(7-5-14)21(22,23)24/h4-7,13H,8-12H2,1-3H3,(H,25,29). The zero-order valence-electron chi connectivity index (χ0n) is 17.6. The number of aromatic nitrogens is 2. The van der Waals surface area contributed by atoms with E-state index >= 15 is 0 Å². The number of benzene rings is 1. The monoisotopic (exact) mass is 438 g/mol. The fraction of sp³-hybridized carbons (Fsp3) is 0.524.